The summed E-state index contributed by atoms with van der Waals surface area (Å²) < 4.78 is 5.51. The third-order valence-corrected chi connectivity index (χ3v) is 3.33. The summed E-state index contributed by atoms with van der Waals surface area (Å²) in [4.78, 5) is 11.9. The summed E-state index contributed by atoms with van der Waals surface area (Å²) in [6.45, 7) is 4.15. The van der Waals surface area contributed by atoms with Crippen molar-refractivity contribution in [3.8, 4) is 6.07 Å². The van der Waals surface area contributed by atoms with Crippen molar-refractivity contribution in [3.05, 3.63) is 35.4 Å². The number of nitrogens with one attached hydrogen (secondary N) is 2. The second-order valence-corrected chi connectivity index (χ2v) is 4.92. The molecule has 5 heteroatoms. The molecule has 1 aliphatic rings. The third-order valence-electron chi connectivity index (χ3n) is 3.33. The van der Waals surface area contributed by atoms with Crippen LogP contribution in [0.4, 0.5) is 0 Å². The smallest absolute Gasteiger partial charge is 0.223 e. The topological polar surface area (TPSA) is 74.2 Å². The number of hydrogen-bond acceptors (Lipinski definition) is 4. The van der Waals surface area contributed by atoms with Crippen LogP contribution in [-0.2, 0) is 9.53 Å². The van der Waals surface area contributed by atoms with E-state index >= 15 is 0 Å². The van der Waals surface area contributed by atoms with Gasteiger partial charge in [0.2, 0.25) is 5.91 Å². The van der Waals surface area contributed by atoms with Crippen LogP contribution >= 0.6 is 0 Å². The Morgan fingerprint density at radius 1 is 1.55 bits per heavy atom. The molecule has 0 aromatic heterocycles. The van der Waals surface area contributed by atoms with E-state index in [2.05, 4.69) is 16.7 Å². The van der Waals surface area contributed by atoms with Crippen LogP contribution < -0.4 is 10.6 Å². The minimum Gasteiger partial charge on any atom is -0.375 e. The number of benzene rings is 1. The Hall–Kier alpha value is -1.90. The number of rotatable bonds is 4. The van der Waals surface area contributed by atoms with Crippen molar-refractivity contribution < 1.29 is 9.53 Å². The first-order chi connectivity index (χ1) is 9.69. The van der Waals surface area contributed by atoms with Gasteiger partial charge in [-0.1, -0.05) is 12.1 Å². The van der Waals surface area contributed by atoms with E-state index in [0.29, 0.717) is 18.6 Å². The molecule has 0 bridgehead atoms. The van der Waals surface area contributed by atoms with Gasteiger partial charge in [0.15, 0.2) is 0 Å². The monoisotopic (exact) mass is 273 g/mol. The van der Waals surface area contributed by atoms with Crippen LogP contribution in [0, 0.1) is 11.3 Å². The number of nitrogens with zero attached hydrogens (tertiary/aromatic N) is 1. The quantitative estimate of drug-likeness (QED) is 0.862. The first-order valence-corrected chi connectivity index (χ1v) is 6.81. The zero-order valence-electron chi connectivity index (χ0n) is 11.6. The van der Waals surface area contributed by atoms with E-state index < -0.39 is 0 Å². The SMILES string of the molecule is CC(NC(=O)CC1CNCCO1)c1ccc(C#N)cc1. The van der Waals surface area contributed by atoms with Gasteiger partial charge in [0, 0.05) is 13.1 Å². The molecule has 0 saturated carbocycles. The minimum absolute atomic E-state index is 0.0180. The number of morpholine rings is 1. The molecule has 0 radical (unpaired) electrons. The van der Waals surface area contributed by atoms with Gasteiger partial charge in [0.1, 0.15) is 0 Å². The summed E-state index contributed by atoms with van der Waals surface area (Å²) in [5.74, 6) is -0.0180. The van der Waals surface area contributed by atoms with E-state index in [-0.39, 0.29) is 18.1 Å². The summed E-state index contributed by atoms with van der Waals surface area (Å²) >= 11 is 0. The lowest BCUT2D eigenvalue weighted by molar-refractivity contribution is -0.125. The van der Waals surface area contributed by atoms with Crippen molar-refractivity contribution >= 4 is 5.91 Å². The number of ether oxygens (including phenoxy) is 1. The van der Waals surface area contributed by atoms with Gasteiger partial charge < -0.3 is 15.4 Å². The zero-order valence-corrected chi connectivity index (χ0v) is 11.6. The van der Waals surface area contributed by atoms with Crippen LogP contribution in [0.3, 0.4) is 0 Å². The molecule has 2 unspecified atom stereocenters. The van der Waals surface area contributed by atoms with Crippen LogP contribution in [0.15, 0.2) is 24.3 Å². The summed E-state index contributed by atoms with van der Waals surface area (Å²) in [5, 5.41) is 14.9. The number of carbonyl (C=O) groups excluding carboxylic acids is 1. The molecule has 1 aromatic carbocycles. The second kappa shape index (κ2) is 7.04. The highest BCUT2D eigenvalue weighted by Crippen LogP contribution is 2.13. The van der Waals surface area contributed by atoms with Gasteiger partial charge in [-0.15, -0.1) is 0 Å². The van der Waals surface area contributed by atoms with Gasteiger partial charge >= 0.3 is 0 Å². The van der Waals surface area contributed by atoms with E-state index in [1.807, 2.05) is 19.1 Å². The van der Waals surface area contributed by atoms with Crippen LogP contribution in [0.5, 0.6) is 0 Å². The van der Waals surface area contributed by atoms with Crippen molar-refractivity contribution in [2.45, 2.75) is 25.5 Å². The molecule has 2 atom stereocenters. The predicted octanol–water partition coefficient (Wildman–Crippen LogP) is 1.11. The fraction of sp³-hybridized carbons (Fsp3) is 0.467. The van der Waals surface area contributed by atoms with Crippen LogP contribution in [0.1, 0.15) is 30.5 Å². The maximum atomic E-state index is 11.9. The Morgan fingerprint density at radius 3 is 2.90 bits per heavy atom. The lowest BCUT2D eigenvalue weighted by Gasteiger charge is -2.24. The number of amides is 1. The Morgan fingerprint density at radius 2 is 2.30 bits per heavy atom. The summed E-state index contributed by atoms with van der Waals surface area (Å²) in [6.07, 6.45) is 0.324. The highest BCUT2D eigenvalue weighted by atomic mass is 16.5. The van der Waals surface area contributed by atoms with Gasteiger partial charge in [-0.25, -0.2) is 0 Å². The molecule has 106 valence electrons. The maximum absolute atomic E-state index is 11.9. The van der Waals surface area contributed by atoms with Crippen LogP contribution in [0.25, 0.3) is 0 Å². The highest BCUT2D eigenvalue weighted by Gasteiger charge is 2.18. The molecule has 0 spiro atoms. The molecule has 2 rings (SSSR count). The highest BCUT2D eigenvalue weighted by molar-refractivity contribution is 5.77. The fourth-order valence-corrected chi connectivity index (χ4v) is 2.19. The fourth-order valence-electron chi connectivity index (χ4n) is 2.19. The molecule has 20 heavy (non-hydrogen) atoms. The Kier molecular flexibility index (Phi) is 5.10. The van der Waals surface area contributed by atoms with E-state index in [1.165, 1.54) is 0 Å². The largest absolute Gasteiger partial charge is 0.375 e. The first-order valence-electron chi connectivity index (χ1n) is 6.81. The predicted molar refractivity (Wildman–Crippen MR) is 74.9 cm³/mol. The van der Waals surface area contributed by atoms with Gasteiger partial charge in [-0.3, -0.25) is 4.79 Å². The minimum atomic E-state index is -0.0770. The molecule has 2 N–H and O–H groups in total. The molecule has 0 aliphatic carbocycles. The summed E-state index contributed by atoms with van der Waals surface area (Å²) in [5.41, 5.74) is 1.61. The first kappa shape index (κ1) is 14.5. The van der Waals surface area contributed by atoms with Gasteiger partial charge in [-0.2, -0.15) is 5.26 Å². The van der Waals surface area contributed by atoms with E-state index in [0.717, 1.165) is 18.7 Å². The van der Waals surface area contributed by atoms with E-state index in [4.69, 9.17) is 10.00 Å². The summed E-state index contributed by atoms with van der Waals surface area (Å²) in [7, 11) is 0. The number of nitriles is 1. The van der Waals surface area contributed by atoms with Gasteiger partial charge in [-0.05, 0) is 24.6 Å². The lowest BCUT2D eigenvalue weighted by Crippen LogP contribution is -2.41. The second-order valence-electron chi connectivity index (χ2n) is 4.92. The molecule has 5 nitrogen and oxygen atoms in total. The zero-order chi connectivity index (χ0) is 14.4. The van der Waals surface area contributed by atoms with Crippen molar-refractivity contribution in [2.75, 3.05) is 19.7 Å². The standard InChI is InChI=1S/C15H19N3O2/c1-11(13-4-2-12(9-16)3-5-13)18-15(19)8-14-10-17-6-7-20-14/h2-5,11,14,17H,6-8,10H2,1H3,(H,18,19). The lowest BCUT2D eigenvalue weighted by atomic mass is 10.1. The van der Waals surface area contributed by atoms with Crippen molar-refractivity contribution in [2.24, 2.45) is 0 Å². The van der Waals surface area contributed by atoms with Crippen LogP contribution in [-0.4, -0.2) is 31.7 Å². The molecular formula is C15H19N3O2. The van der Waals surface area contributed by atoms with Crippen molar-refractivity contribution in [1.82, 2.24) is 10.6 Å². The van der Waals surface area contributed by atoms with Crippen molar-refractivity contribution in [1.29, 1.82) is 5.26 Å². The molecule has 1 aromatic rings. The van der Waals surface area contributed by atoms with E-state index in [9.17, 15) is 4.79 Å². The maximum Gasteiger partial charge on any atom is 0.223 e. The molecule has 1 heterocycles. The molecular weight excluding hydrogens is 254 g/mol. The Bertz CT molecular complexity index is 487. The molecule has 1 aliphatic heterocycles. The third kappa shape index (κ3) is 4.05. The number of hydrogen-bond donors (Lipinski definition) is 2. The Balaban J connectivity index is 1.84. The van der Waals surface area contributed by atoms with Gasteiger partial charge in [0.25, 0.3) is 0 Å². The van der Waals surface area contributed by atoms with Crippen LogP contribution in [0.2, 0.25) is 0 Å². The average Bonchev–Trinajstić information content (AvgIpc) is 2.48. The molecule has 1 fully saturated rings. The normalized spacial score (nSPS) is 19.9. The van der Waals surface area contributed by atoms with E-state index in [1.54, 1.807) is 12.1 Å². The van der Waals surface area contributed by atoms with Gasteiger partial charge in [0.05, 0.1) is 36.8 Å². The molecule has 1 amide bonds. The summed E-state index contributed by atoms with van der Waals surface area (Å²) in [6, 6.07) is 9.24. The average molecular weight is 273 g/mol. The number of carbonyl (C=O) groups is 1. The Labute approximate surface area is 118 Å². The molecule has 1 saturated heterocycles. The van der Waals surface area contributed by atoms with Crippen molar-refractivity contribution in [3.63, 3.8) is 0 Å².